The zero-order valence-electron chi connectivity index (χ0n) is 10.1. The topological polar surface area (TPSA) is 3.24 Å². The van der Waals surface area contributed by atoms with Gasteiger partial charge in [0.2, 0.25) is 0 Å². The lowest BCUT2D eigenvalue weighted by atomic mass is 10.2. The number of benzene rings is 1. The molecule has 0 N–H and O–H groups in total. The minimum atomic E-state index is -0.505. The number of hydrogen-bond acceptors (Lipinski definition) is 1. The maximum Gasteiger partial charge on any atom is 0.126 e. The number of alkyl halides is 1. The predicted molar refractivity (Wildman–Crippen MR) is 70.3 cm³/mol. The summed E-state index contributed by atoms with van der Waals surface area (Å²) in [7, 11) is 0. The molecule has 0 saturated heterocycles. The normalized spacial score (nSPS) is 11.1. The number of nitrogens with zero attached hydrogens (tertiary/aromatic N) is 1. The zero-order valence-corrected chi connectivity index (χ0v) is 11.6. The molecule has 1 rings (SSSR count). The van der Waals surface area contributed by atoms with E-state index in [1.54, 1.807) is 0 Å². The molecule has 0 unspecified atom stereocenters. The van der Waals surface area contributed by atoms with Crippen molar-refractivity contribution in [3.05, 3.63) is 35.4 Å². The van der Waals surface area contributed by atoms with E-state index in [4.69, 9.17) is 0 Å². The maximum absolute atomic E-state index is 13.0. The van der Waals surface area contributed by atoms with Crippen LogP contribution < -0.4 is 0 Å². The van der Waals surface area contributed by atoms with Gasteiger partial charge in [-0.1, -0.05) is 29.3 Å². The average Bonchev–Trinajstić information content (AvgIpc) is 2.24. The van der Waals surface area contributed by atoms with Gasteiger partial charge in [0.25, 0.3) is 0 Å². The van der Waals surface area contributed by atoms with E-state index in [2.05, 4.69) is 27.8 Å². The lowest BCUT2D eigenvalue weighted by Crippen LogP contribution is -2.26. The Morgan fingerprint density at radius 1 is 1.12 bits per heavy atom. The van der Waals surface area contributed by atoms with Gasteiger partial charge in [0, 0.05) is 24.5 Å². The summed E-state index contributed by atoms with van der Waals surface area (Å²) in [6.07, 6.45) is 2.22. The van der Waals surface area contributed by atoms with E-state index in [0.29, 0.717) is 12.1 Å². The Labute approximate surface area is 110 Å². The van der Waals surface area contributed by atoms with Crippen molar-refractivity contribution in [1.29, 1.82) is 0 Å². The highest BCUT2D eigenvalue weighted by Gasteiger charge is 2.07. The Bertz CT molecular complexity index is 324. The Hall–Kier alpha value is -0.480. The third kappa shape index (κ3) is 5.59. The fourth-order valence-electron chi connectivity index (χ4n) is 1.73. The van der Waals surface area contributed by atoms with Gasteiger partial charge in [0.15, 0.2) is 0 Å². The smallest absolute Gasteiger partial charge is 0.126 e. The summed E-state index contributed by atoms with van der Waals surface area (Å²) >= 11 is 3.39. The van der Waals surface area contributed by atoms with E-state index in [1.165, 1.54) is 12.1 Å². The van der Waals surface area contributed by atoms with Crippen LogP contribution in [0.4, 0.5) is 8.78 Å². The SMILES string of the molecule is CCCCN(CCBr)Cc1cc(F)cc(F)c1. The van der Waals surface area contributed by atoms with E-state index < -0.39 is 11.6 Å². The van der Waals surface area contributed by atoms with Gasteiger partial charge < -0.3 is 0 Å². The number of rotatable bonds is 7. The first kappa shape index (κ1) is 14.6. The molecule has 0 bridgehead atoms. The molecule has 0 amide bonds. The molecule has 0 atom stereocenters. The number of hydrogen-bond donors (Lipinski definition) is 0. The fraction of sp³-hybridized carbons (Fsp3) is 0.538. The molecule has 0 fully saturated rings. The summed E-state index contributed by atoms with van der Waals surface area (Å²) in [5.74, 6) is -1.01. The molecular formula is C13H18BrF2N. The first-order valence-corrected chi connectivity index (χ1v) is 7.01. The van der Waals surface area contributed by atoms with Gasteiger partial charge in [0.1, 0.15) is 11.6 Å². The average molecular weight is 306 g/mol. The van der Waals surface area contributed by atoms with E-state index in [9.17, 15) is 8.78 Å². The number of unbranched alkanes of at least 4 members (excludes halogenated alkanes) is 1. The van der Waals surface area contributed by atoms with Gasteiger partial charge >= 0.3 is 0 Å². The van der Waals surface area contributed by atoms with Crippen LogP contribution in [0.2, 0.25) is 0 Å². The highest BCUT2D eigenvalue weighted by Crippen LogP contribution is 2.11. The molecule has 1 aromatic carbocycles. The van der Waals surface area contributed by atoms with Crippen molar-refractivity contribution in [3.8, 4) is 0 Å². The summed E-state index contributed by atoms with van der Waals surface area (Å²) < 4.78 is 26.1. The second-order valence-electron chi connectivity index (χ2n) is 4.10. The summed E-state index contributed by atoms with van der Waals surface area (Å²) in [5.41, 5.74) is 0.694. The van der Waals surface area contributed by atoms with Crippen LogP contribution in [0.25, 0.3) is 0 Å². The molecule has 0 aliphatic rings. The lowest BCUT2D eigenvalue weighted by Gasteiger charge is -2.21. The van der Waals surface area contributed by atoms with Crippen LogP contribution in [-0.2, 0) is 6.54 Å². The number of halogens is 3. The van der Waals surface area contributed by atoms with Crippen molar-refractivity contribution >= 4 is 15.9 Å². The van der Waals surface area contributed by atoms with E-state index in [0.717, 1.165) is 37.3 Å². The molecule has 0 aliphatic carbocycles. The van der Waals surface area contributed by atoms with Crippen molar-refractivity contribution in [3.63, 3.8) is 0 Å². The Morgan fingerprint density at radius 3 is 2.29 bits per heavy atom. The Balaban J connectivity index is 2.63. The quantitative estimate of drug-likeness (QED) is 0.689. The molecule has 0 heterocycles. The van der Waals surface area contributed by atoms with Crippen molar-refractivity contribution in [2.45, 2.75) is 26.3 Å². The monoisotopic (exact) mass is 305 g/mol. The minimum absolute atomic E-state index is 0.505. The fourth-order valence-corrected chi connectivity index (χ4v) is 2.23. The van der Waals surface area contributed by atoms with Crippen molar-refractivity contribution in [2.24, 2.45) is 0 Å². The molecule has 0 radical (unpaired) electrons. The summed E-state index contributed by atoms with van der Waals surface area (Å²) in [6.45, 7) is 4.58. The second-order valence-corrected chi connectivity index (χ2v) is 4.89. The molecule has 1 nitrogen and oxygen atoms in total. The maximum atomic E-state index is 13.0. The zero-order chi connectivity index (χ0) is 12.7. The lowest BCUT2D eigenvalue weighted by molar-refractivity contribution is 0.277. The van der Waals surface area contributed by atoms with Crippen molar-refractivity contribution < 1.29 is 8.78 Å². The summed E-state index contributed by atoms with van der Waals surface area (Å²) in [6, 6.07) is 3.71. The van der Waals surface area contributed by atoms with Crippen LogP contribution in [0.1, 0.15) is 25.3 Å². The Morgan fingerprint density at radius 2 is 1.76 bits per heavy atom. The van der Waals surface area contributed by atoms with Gasteiger partial charge in [0.05, 0.1) is 0 Å². The highest BCUT2D eigenvalue weighted by atomic mass is 79.9. The van der Waals surface area contributed by atoms with E-state index >= 15 is 0 Å². The molecule has 0 saturated carbocycles. The molecule has 4 heteroatoms. The van der Waals surface area contributed by atoms with Crippen LogP contribution in [0.15, 0.2) is 18.2 Å². The highest BCUT2D eigenvalue weighted by molar-refractivity contribution is 9.09. The first-order valence-electron chi connectivity index (χ1n) is 5.89. The van der Waals surface area contributed by atoms with Crippen LogP contribution in [-0.4, -0.2) is 23.3 Å². The standard InChI is InChI=1S/C13H18BrF2N/c1-2-3-5-17(6-4-14)10-11-7-12(15)9-13(16)8-11/h7-9H,2-6,10H2,1H3. The summed E-state index contributed by atoms with van der Waals surface area (Å²) in [5, 5.41) is 0.870. The van der Waals surface area contributed by atoms with Crippen LogP contribution in [0.5, 0.6) is 0 Å². The molecule has 0 aliphatic heterocycles. The predicted octanol–water partition coefficient (Wildman–Crippen LogP) is 3.96. The molecule has 1 aromatic rings. The largest absolute Gasteiger partial charge is 0.298 e. The third-order valence-corrected chi connectivity index (χ3v) is 2.91. The van der Waals surface area contributed by atoms with E-state index in [-0.39, 0.29) is 0 Å². The van der Waals surface area contributed by atoms with E-state index in [1.807, 2.05) is 0 Å². The third-order valence-electron chi connectivity index (χ3n) is 2.56. The molecule has 17 heavy (non-hydrogen) atoms. The molecule has 0 aromatic heterocycles. The van der Waals surface area contributed by atoms with Crippen molar-refractivity contribution in [1.82, 2.24) is 4.90 Å². The molecule has 96 valence electrons. The first-order chi connectivity index (χ1) is 8.15. The van der Waals surface area contributed by atoms with Gasteiger partial charge in [-0.25, -0.2) is 8.78 Å². The van der Waals surface area contributed by atoms with Gasteiger partial charge in [-0.3, -0.25) is 4.90 Å². The van der Waals surface area contributed by atoms with Gasteiger partial charge in [-0.15, -0.1) is 0 Å². The van der Waals surface area contributed by atoms with Gasteiger partial charge in [-0.2, -0.15) is 0 Å². The van der Waals surface area contributed by atoms with Gasteiger partial charge in [-0.05, 0) is 30.7 Å². The molecule has 0 spiro atoms. The van der Waals surface area contributed by atoms with Crippen molar-refractivity contribution in [2.75, 3.05) is 18.4 Å². The van der Waals surface area contributed by atoms with Crippen LogP contribution >= 0.6 is 15.9 Å². The molecular weight excluding hydrogens is 288 g/mol. The summed E-state index contributed by atoms with van der Waals surface area (Å²) in [4.78, 5) is 2.20. The Kier molecular flexibility index (Phi) is 6.66. The van der Waals surface area contributed by atoms with Crippen LogP contribution in [0.3, 0.4) is 0 Å². The second kappa shape index (κ2) is 7.77. The minimum Gasteiger partial charge on any atom is -0.298 e. The van der Waals surface area contributed by atoms with Crippen LogP contribution in [0, 0.1) is 11.6 Å².